The average molecular weight is 313 g/mol. The monoisotopic (exact) mass is 313 g/mol. The molecule has 1 N–H and O–H groups in total. The molecule has 6 heteroatoms. The first-order valence-corrected chi connectivity index (χ1v) is 7.96. The van der Waals surface area contributed by atoms with Gasteiger partial charge in [0.1, 0.15) is 11.1 Å². The highest BCUT2D eigenvalue weighted by Gasteiger charge is 2.56. The minimum absolute atomic E-state index is 0.0385. The summed E-state index contributed by atoms with van der Waals surface area (Å²) in [5, 5.41) is 9.91. The van der Waals surface area contributed by atoms with Crippen LogP contribution in [0.3, 0.4) is 0 Å². The standard InChI is InChI=1S/C16H27NO5/c1-10-8-16(13(18)19,9-11(2)21-10)17(12-6-7-12)14(20)22-15(3,4)5/h10-12H,6-9H2,1-5H3,(H,18,19). The summed E-state index contributed by atoms with van der Waals surface area (Å²) in [5.74, 6) is -0.966. The van der Waals surface area contributed by atoms with E-state index in [0.717, 1.165) is 12.8 Å². The summed E-state index contributed by atoms with van der Waals surface area (Å²) in [5.41, 5.74) is -1.88. The Labute approximate surface area is 131 Å². The summed E-state index contributed by atoms with van der Waals surface area (Å²) in [6.45, 7) is 9.08. The Morgan fingerprint density at radius 2 is 1.68 bits per heavy atom. The average Bonchev–Trinajstić information content (AvgIpc) is 3.09. The number of carboxylic acids is 1. The van der Waals surface area contributed by atoms with Gasteiger partial charge in [-0.2, -0.15) is 0 Å². The minimum Gasteiger partial charge on any atom is -0.479 e. The van der Waals surface area contributed by atoms with Crippen LogP contribution in [0.5, 0.6) is 0 Å². The highest BCUT2D eigenvalue weighted by molar-refractivity contribution is 5.85. The number of nitrogens with zero attached hydrogens (tertiary/aromatic N) is 1. The number of amides is 1. The van der Waals surface area contributed by atoms with Crippen molar-refractivity contribution in [2.75, 3.05) is 0 Å². The van der Waals surface area contributed by atoms with Gasteiger partial charge in [0.05, 0.1) is 12.2 Å². The van der Waals surface area contributed by atoms with Gasteiger partial charge in [0.25, 0.3) is 0 Å². The molecule has 2 unspecified atom stereocenters. The van der Waals surface area contributed by atoms with Crippen molar-refractivity contribution in [2.24, 2.45) is 0 Å². The van der Waals surface area contributed by atoms with Crippen LogP contribution in [0.1, 0.15) is 60.3 Å². The maximum atomic E-state index is 12.7. The van der Waals surface area contributed by atoms with Crippen LogP contribution >= 0.6 is 0 Å². The lowest BCUT2D eigenvalue weighted by molar-refractivity contribution is -0.168. The third kappa shape index (κ3) is 3.54. The lowest BCUT2D eigenvalue weighted by atomic mass is 9.82. The number of ether oxygens (including phenoxy) is 2. The van der Waals surface area contributed by atoms with E-state index in [0.29, 0.717) is 12.8 Å². The van der Waals surface area contributed by atoms with Gasteiger partial charge in [0.15, 0.2) is 0 Å². The minimum atomic E-state index is -1.24. The Balaban J connectivity index is 2.34. The molecule has 1 heterocycles. The van der Waals surface area contributed by atoms with E-state index in [1.165, 1.54) is 4.90 Å². The Morgan fingerprint density at radius 1 is 1.18 bits per heavy atom. The van der Waals surface area contributed by atoms with Crippen molar-refractivity contribution in [1.29, 1.82) is 0 Å². The van der Waals surface area contributed by atoms with E-state index in [4.69, 9.17) is 9.47 Å². The summed E-state index contributed by atoms with van der Waals surface area (Å²) in [6, 6.07) is -0.0385. The predicted molar refractivity (Wildman–Crippen MR) is 80.7 cm³/mol. The quantitative estimate of drug-likeness (QED) is 0.867. The van der Waals surface area contributed by atoms with Crippen LogP contribution < -0.4 is 0 Å². The molecule has 0 aromatic rings. The number of carboxylic acid groups (broad SMARTS) is 1. The molecule has 2 fully saturated rings. The molecule has 0 aromatic heterocycles. The molecule has 1 aliphatic carbocycles. The summed E-state index contributed by atoms with van der Waals surface area (Å²) >= 11 is 0. The zero-order chi connectivity index (χ0) is 16.7. The molecule has 126 valence electrons. The predicted octanol–water partition coefficient (Wildman–Crippen LogP) is 2.80. The SMILES string of the molecule is CC1CC(C(=O)O)(N(C(=O)OC(C)(C)C)C2CC2)CC(C)O1. The normalized spacial score (nSPS) is 32.4. The third-order valence-corrected chi connectivity index (χ3v) is 4.08. The largest absolute Gasteiger partial charge is 0.479 e. The number of rotatable bonds is 3. The molecule has 6 nitrogen and oxygen atoms in total. The smallest absolute Gasteiger partial charge is 0.411 e. The fourth-order valence-electron chi connectivity index (χ4n) is 3.32. The van der Waals surface area contributed by atoms with Gasteiger partial charge in [-0.3, -0.25) is 4.90 Å². The van der Waals surface area contributed by atoms with Gasteiger partial charge in [-0.25, -0.2) is 9.59 Å². The molecule has 2 rings (SSSR count). The number of carbonyl (C=O) groups is 2. The van der Waals surface area contributed by atoms with E-state index in [-0.39, 0.29) is 18.2 Å². The van der Waals surface area contributed by atoms with Crippen molar-refractivity contribution in [3.63, 3.8) is 0 Å². The topological polar surface area (TPSA) is 76.1 Å². The van der Waals surface area contributed by atoms with Gasteiger partial charge in [-0.05, 0) is 47.5 Å². The molecule has 0 radical (unpaired) electrons. The third-order valence-electron chi connectivity index (χ3n) is 4.08. The van der Waals surface area contributed by atoms with Crippen molar-refractivity contribution >= 4 is 12.1 Å². The van der Waals surface area contributed by atoms with Crippen LogP contribution in [0.4, 0.5) is 4.79 Å². The molecule has 1 saturated heterocycles. The van der Waals surface area contributed by atoms with Gasteiger partial charge in [0.2, 0.25) is 0 Å². The first kappa shape index (κ1) is 17.1. The lowest BCUT2D eigenvalue weighted by Crippen LogP contribution is -2.63. The Hall–Kier alpha value is -1.30. The molecule has 2 aliphatic rings. The second-order valence-corrected chi connectivity index (χ2v) is 7.58. The lowest BCUT2D eigenvalue weighted by Gasteiger charge is -2.47. The van der Waals surface area contributed by atoms with E-state index < -0.39 is 23.2 Å². The van der Waals surface area contributed by atoms with E-state index in [9.17, 15) is 14.7 Å². The first-order valence-electron chi connectivity index (χ1n) is 7.96. The first-order chi connectivity index (χ1) is 10.0. The molecule has 2 atom stereocenters. The number of hydrogen-bond acceptors (Lipinski definition) is 4. The van der Waals surface area contributed by atoms with Crippen LogP contribution in [0.2, 0.25) is 0 Å². The maximum Gasteiger partial charge on any atom is 0.411 e. The summed E-state index contributed by atoms with van der Waals surface area (Å²) in [6.07, 6.45) is 1.31. The zero-order valence-corrected chi connectivity index (χ0v) is 14.1. The summed E-state index contributed by atoms with van der Waals surface area (Å²) in [4.78, 5) is 26.3. The van der Waals surface area contributed by atoms with E-state index in [2.05, 4.69) is 0 Å². The molecule has 0 bridgehead atoms. The van der Waals surface area contributed by atoms with Crippen LogP contribution in [0.25, 0.3) is 0 Å². The molecular weight excluding hydrogens is 286 g/mol. The van der Waals surface area contributed by atoms with Crippen molar-refractivity contribution in [3.8, 4) is 0 Å². The maximum absolute atomic E-state index is 12.7. The second kappa shape index (κ2) is 5.72. The molecule has 0 spiro atoms. The van der Waals surface area contributed by atoms with Gasteiger partial charge >= 0.3 is 12.1 Å². The van der Waals surface area contributed by atoms with Crippen molar-refractivity contribution in [3.05, 3.63) is 0 Å². The molecule has 1 aliphatic heterocycles. The van der Waals surface area contributed by atoms with E-state index in [1.54, 1.807) is 20.8 Å². The number of aliphatic carboxylic acids is 1. The van der Waals surface area contributed by atoms with E-state index in [1.807, 2.05) is 13.8 Å². The molecule has 0 aromatic carbocycles. The van der Waals surface area contributed by atoms with Gasteiger partial charge < -0.3 is 14.6 Å². The van der Waals surface area contributed by atoms with Crippen LogP contribution in [0.15, 0.2) is 0 Å². The van der Waals surface area contributed by atoms with Crippen molar-refractivity contribution in [1.82, 2.24) is 4.90 Å². The molecule has 1 saturated carbocycles. The van der Waals surface area contributed by atoms with Crippen LogP contribution in [-0.2, 0) is 14.3 Å². The Morgan fingerprint density at radius 3 is 2.05 bits per heavy atom. The van der Waals surface area contributed by atoms with E-state index >= 15 is 0 Å². The van der Waals surface area contributed by atoms with Gasteiger partial charge in [-0.1, -0.05) is 0 Å². The fourth-order valence-corrected chi connectivity index (χ4v) is 3.32. The fraction of sp³-hybridized carbons (Fsp3) is 0.875. The van der Waals surface area contributed by atoms with Crippen LogP contribution in [0, 0.1) is 0 Å². The second-order valence-electron chi connectivity index (χ2n) is 7.58. The highest BCUT2D eigenvalue weighted by Crippen LogP contribution is 2.42. The van der Waals surface area contributed by atoms with Gasteiger partial charge in [-0.15, -0.1) is 0 Å². The molecule has 1 amide bonds. The zero-order valence-electron chi connectivity index (χ0n) is 14.1. The van der Waals surface area contributed by atoms with Gasteiger partial charge in [0, 0.05) is 18.9 Å². The van der Waals surface area contributed by atoms with Crippen LogP contribution in [-0.4, -0.2) is 51.5 Å². The molecule has 22 heavy (non-hydrogen) atoms. The summed E-state index contributed by atoms with van der Waals surface area (Å²) < 4.78 is 11.2. The van der Waals surface area contributed by atoms with Crippen molar-refractivity contribution in [2.45, 2.75) is 89.7 Å². The number of hydrogen-bond donors (Lipinski definition) is 1. The summed E-state index contributed by atoms with van der Waals surface area (Å²) in [7, 11) is 0. The molecular formula is C16H27NO5. The highest BCUT2D eigenvalue weighted by atomic mass is 16.6. The Bertz CT molecular complexity index is 442. The number of carbonyl (C=O) groups excluding carboxylic acids is 1. The van der Waals surface area contributed by atoms with Crippen molar-refractivity contribution < 1.29 is 24.2 Å². The Kier molecular flexibility index (Phi) is 4.44.